The highest BCUT2D eigenvalue weighted by molar-refractivity contribution is 7.80. The van der Waals surface area contributed by atoms with E-state index in [1.54, 1.807) is 18.2 Å². The van der Waals surface area contributed by atoms with Crippen molar-refractivity contribution in [3.8, 4) is 0 Å². The van der Waals surface area contributed by atoms with Crippen molar-refractivity contribution in [2.45, 2.75) is 4.90 Å². The first-order chi connectivity index (χ1) is 7.43. The standard InChI is InChI=1S/C6H5FS.C4H4O4/c7-5-3-1-2-4-6(5)8;5-3(6)1-2-4(7)8/h1-4,8H;1-2H,(H,5,6)(H,7,8)/b;2-1-. The van der Waals surface area contributed by atoms with E-state index in [4.69, 9.17) is 10.2 Å². The molecule has 1 rings (SSSR count). The lowest BCUT2D eigenvalue weighted by molar-refractivity contribution is -0.134. The van der Waals surface area contributed by atoms with Gasteiger partial charge in [-0.3, -0.25) is 0 Å². The molecular formula is C10H9FO4S. The van der Waals surface area contributed by atoms with Crippen molar-refractivity contribution in [3.63, 3.8) is 0 Å². The van der Waals surface area contributed by atoms with Gasteiger partial charge in [-0.05, 0) is 12.1 Å². The summed E-state index contributed by atoms with van der Waals surface area (Å²) in [7, 11) is 0. The largest absolute Gasteiger partial charge is 0.478 e. The summed E-state index contributed by atoms with van der Waals surface area (Å²) >= 11 is 3.82. The maximum atomic E-state index is 12.2. The molecule has 0 aliphatic heterocycles. The van der Waals surface area contributed by atoms with Crippen LogP contribution in [0.5, 0.6) is 0 Å². The molecule has 0 saturated heterocycles. The number of halogens is 1. The molecule has 0 aliphatic rings. The SMILES string of the molecule is Fc1ccccc1S.O=C(O)/C=C\C(=O)O. The quantitative estimate of drug-likeness (QED) is 0.548. The monoisotopic (exact) mass is 244 g/mol. The molecule has 6 heteroatoms. The molecule has 0 radical (unpaired) electrons. The molecule has 0 fully saturated rings. The zero-order valence-corrected chi connectivity index (χ0v) is 8.89. The molecule has 0 spiro atoms. The number of carboxylic acid groups (broad SMARTS) is 2. The molecule has 86 valence electrons. The summed E-state index contributed by atoms with van der Waals surface area (Å²) in [5.41, 5.74) is 0. The molecule has 16 heavy (non-hydrogen) atoms. The predicted molar refractivity (Wildman–Crippen MR) is 58.1 cm³/mol. The third kappa shape index (κ3) is 7.57. The minimum atomic E-state index is -1.26. The fourth-order valence-electron chi connectivity index (χ4n) is 0.594. The van der Waals surface area contributed by atoms with Crippen LogP contribution in [0.3, 0.4) is 0 Å². The highest BCUT2D eigenvalue weighted by Gasteiger charge is 1.90. The number of rotatable bonds is 2. The number of benzene rings is 1. The van der Waals surface area contributed by atoms with E-state index < -0.39 is 11.9 Å². The molecule has 0 amide bonds. The Balaban J connectivity index is 0.000000281. The van der Waals surface area contributed by atoms with Crippen LogP contribution in [-0.2, 0) is 9.59 Å². The van der Waals surface area contributed by atoms with Gasteiger partial charge in [0, 0.05) is 17.0 Å². The second-order valence-corrected chi connectivity index (χ2v) is 2.94. The smallest absolute Gasteiger partial charge is 0.328 e. The van der Waals surface area contributed by atoms with Gasteiger partial charge in [-0.25, -0.2) is 14.0 Å². The molecule has 0 saturated carbocycles. The Morgan fingerprint density at radius 3 is 1.81 bits per heavy atom. The van der Waals surface area contributed by atoms with E-state index in [1.165, 1.54) is 6.07 Å². The molecule has 0 bridgehead atoms. The minimum Gasteiger partial charge on any atom is -0.478 e. The zero-order valence-electron chi connectivity index (χ0n) is 8.00. The van der Waals surface area contributed by atoms with Gasteiger partial charge in [0.25, 0.3) is 0 Å². The summed E-state index contributed by atoms with van der Waals surface area (Å²) in [4.78, 5) is 19.5. The summed E-state index contributed by atoms with van der Waals surface area (Å²) in [6.45, 7) is 0. The Labute approximate surface area is 96.4 Å². The van der Waals surface area contributed by atoms with Gasteiger partial charge in [-0.2, -0.15) is 0 Å². The Morgan fingerprint density at radius 1 is 1.12 bits per heavy atom. The average molecular weight is 244 g/mol. The molecule has 0 aromatic heterocycles. The van der Waals surface area contributed by atoms with Gasteiger partial charge >= 0.3 is 11.9 Å². The van der Waals surface area contributed by atoms with Crippen LogP contribution in [-0.4, -0.2) is 22.2 Å². The van der Waals surface area contributed by atoms with Gasteiger partial charge in [0.15, 0.2) is 0 Å². The van der Waals surface area contributed by atoms with E-state index in [0.717, 1.165) is 0 Å². The number of hydrogen-bond donors (Lipinski definition) is 3. The van der Waals surface area contributed by atoms with Crippen LogP contribution in [0.1, 0.15) is 0 Å². The first kappa shape index (κ1) is 14.2. The predicted octanol–water partition coefficient (Wildman–Crippen LogP) is 1.83. The topological polar surface area (TPSA) is 74.6 Å². The summed E-state index contributed by atoms with van der Waals surface area (Å²) in [5.74, 6) is -2.78. The Hall–Kier alpha value is -1.82. The fourth-order valence-corrected chi connectivity index (χ4v) is 0.755. The first-order valence-corrected chi connectivity index (χ1v) is 4.45. The van der Waals surface area contributed by atoms with Crippen molar-refractivity contribution in [1.29, 1.82) is 0 Å². The summed E-state index contributed by atoms with van der Waals surface area (Å²) < 4.78 is 12.2. The van der Waals surface area contributed by atoms with Crippen molar-refractivity contribution >= 4 is 24.6 Å². The van der Waals surface area contributed by atoms with E-state index in [9.17, 15) is 14.0 Å². The number of hydrogen-bond acceptors (Lipinski definition) is 3. The van der Waals surface area contributed by atoms with Gasteiger partial charge in [0.2, 0.25) is 0 Å². The van der Waals surface area contributed by atoms with E-state index in [0.29, 0.717) is 17.0 Å². The number of aliphatic carboxylic acids is 2. The van der Waals surface area contributed by atoms with E-state index in [-0.39, 0.29) is 5.82 Å². The Morgan fingerprint density at radius 2 is 1.56 bits per heavy atom. The van der Waals surface area contributed by atoms with E-state index in [1.807, 2.05) is 0 Å². The normalized spacial score (nSPS) is 9.38. The second-order valence-electron chi connectivity index (χ2n) is 2.46. The van der Waals surface area contributed by atoms with Gasteiger partial charge in [0.1, 0.15) is 5.82 Å². The maximum absolute atomic E-state index is 12.2. The number of thiol groups is 1. The van der Waals surface area contributed by atoms with Crippen LogP contribution in [0.2, 0.25) is 0 Å². The molecule has 0 unspecified atom stereocenters. The molecule has 0 atom stereocenters. The van der Waals surface area contributed by atoms with Crippen LogP contribution >= 0.6 is 12.6 Å². The van der Waals surface area contributed by atoms with Crippen molar-refractivity contribution in [3.05, 3.63) is 42.2 Å². The summed E-state index contributed by atoms with van der Waals surface area (Å²) in [5, 5.41) is 15.6. The van der Waals surface area contributed by atoms with Gasteiger partial charge < -0.3 is 10.2 Å². The van der Waals surface area contributed by atoms with Gasteiger partial charge in [-0.1, -0.05) is 12.1 Å². The lowest BCUT2D eigenvalue weighted by Crippen LogP contribution is -1.91. The van der Waals surface area contributed by atoms with Crippen molar-refractivity contribution in [1.82, 2.24) is 0 Å². The van der Waals surface area contributed by atoms with Crippen LogP contribution in [0.4, 0.5) is 4.39 Å². The number of carbonyl (C=O) groups is 2. The van der Waals surface area contributed by atoms with Crippen molar-refractivity contribution < 1.29 is 24.2 Å². The molecule has 1 aromatic carbocycles. The van der Waals surface area contributed by atoms with Gasteiger partial charge in [-0.15, -0.1) is 12.6 Å². The average Bonchev–Trinajstić information content (AvgIpc) is 2.20. The Kier molecular flexibility index (Phi) is 6.62. The lowest BCUT2D eigenvalue weighted by Gasteiger charge is -1.88. The summed E-state index contributed by atoms with van der Waals surface area (Å²) in [6.07, 6.45) is 1.12. The molecule has 4 nitrogen and oxygen atoms in total. The van der Waals surface area contributed by atoms with Crippen molar-refractivity contribution in [2.75, 3.05) is 0 Å². The molecule has 2 N–H and O–H groups in total. The van der Waals surface area contributed by atoms with Crippen LogP contribution in [0.25, 0.3) is 0 Å². The van der Waals surface area contributed by atoms with Crippen LogP contribution in [0.15, 0.2) is 41.3 Å². The van der Waals surface area contributed by atoms with E-state index in [2.05, 4.69) is 12.6 Å². The molecule has 1 aromatic rings. The third-order valence-corrected chi connectivity index (χ3v) is 1.58. The Bertz CT molecular complexity index is 367. The highest BCUT2D eigenvalue weighted by atomic mass is 32.1. The third-order valence-electron chi connectivity index (χ3n) is 1.22. The van der Waals surface area contributed by atoms with Crippen molar-refractivity contribution in [2.24, 2.45) is 0 Å². The lowest BCUT2D eigenvalue weighted by atomic mass is 10.4. The van der Waals surface area contributed by atoms with Crippen LogP contribution in [0, 0.1) is 5.82 Å². The van der Waals surface area contributed by atoms with E-state index >= 15 is 0 Å². The molecule has 0 heterocycles. The second kappa shape index (κ2) is 7.47. The summed E-state index contributed by atoms with van der Waals surface area (Å²) in [6, 6.07) is 6.36. The maximum Gasteiger partial charge on any atom is 0.328 e. The number of carboxylic acids is 2. The first-order valence-electron chi connectivity index (χ1n) is 4.01. The fraction of sp³-hybridized carbons (Fsp3) is 0. The highest BCUT2D eigenvalue weighted by Crippen LogP contribution is 2.08. The zero-order chi connectivity index (χ0) is 12.6. The minimum absolute atomic E-state index is 0.268. The molecule has 0 aliphatic carbocycles. The van der Waals surface area contributed by atoms with Gasteiger partial charge in [0.05, 0.1) is 0 Å². The molecular weight excluding hydrogens is 235 g/mol. The van der Waals surface area contributed by atoms with Crippen LogP contribution < -0.4 is 0 Å².